The van der Waals surface area contributed by atoms with Gasteiger partial charge in [0.15, 0.2) is 0 Å². The first-order valence-corrected chi connectivity index (χ1v) is 9.24. The van der Waals surface area contributed by atoms with Crippen LogP contribution >= 0.6 is 0 Å². The van der Waals surface area contributed by atoms with Crippen LogP contribution in [0.4, 0.5) is 0 Å². The second-order valence-electron chi connectivity index (χ2n) is 5.80. The number of amides is 2. The zero-order chi connectivity index (χ0) is 16.8. The third-order valence-corrected chi connectivity index (χ3v) is 3.95. The van der Waals surface area contributed by atoms with E-state index in [-0.39, 0.29) is 17.7 Å². The number of carbonyl (C=O) groups excluding carboxylic acids is 2. The van der Waals surface area contributed by atoms with Crippen molar-refractivity contribution in [2.24, 2.45) is 5.92 Å². The molecule has 130 valence electrons. The van der Waals surface area contributed by atoms with Gasteiger partial charge >= 0.3 is 0 Å². The number of unbranched alkanes of at least 4 members (excludes halogenated alkanes) is 5. The Kier molecular flexibility index (Phi) is 12.9. The third kappa shape index (κ3) is 8.40. The Morgan fingerprint density at radius 2 is 1.73 bits per heavy atom. The van der Waals surface area contributed by atoms with E-state index >= 15 is 0 Å². The normalized spacial score (nSPS) is 17.2. The molecule has 1 atom stereocenters. The van der Waals surface area contributed by atoms with Crippen LogP contribution in [0.2, 0.25) is 0 Å². The predicted molar refractivity (Wildman–Crippen MR) is 92.7 cm³/mol. The Balaban J connectivity index is 0.00000211. The van der Waals surface area contributed by atoms with Crippen LogP contribution < -0.4 is 5.32 Å². The molecule has 1 fully saturated rings. The topological polar surface area (TPSA) is 49.4 Å². The maximum Gasteiger partial charge on any atom is 0.225 e. The number of nitrogens with zero attached hydrogens (tertiary/aromatic N) is 1. The lowest BCUT2D eigenvalue weighted by molar-refractivity contribution is -0.129. The number of rotatable bonds is 10. The molecule has 4 heteroatoms. The molecule has 1 aliphatic rings. The van der Waals surface area contributed by atoms with E-state index in [0.29, 0.717) is 13.0 Å². The zero-order valence-corrected chi connectivity index (χ0v) is 15.1. The van der Waals surface area contributed by atoms with Crippen molar-refractivity contribution in [2.75, 3.05) is 19.6 Å². The quantitative estimate of drug-likeness (QED) is 0.625. The average molecular weight is 312 g/mol. The second kappa shape index (κ2) is 13.6. The summed E-state index contributed by atoms with van der Waals surface area (Å²) in [4.78, 5) is 25.7. The highest BCUT2D eigenvalue weighted by molar-refractivity contribution is 5.89. The highest BCUT2D eigenvalue weighted by atomic mass is 16.2. The van der Waals surface area contributed by atoms with Gasteiger partial charge in [0.2, 0.25) is 11.8 Å². The number of carbonyl (C=O) groups is 2. The molecule has 2 amide bonds. The van der Waals surface area contributed by atoms with Crippen molar-refractivity contribution >= 4 is 11.8 Å². The molecule has 1 aliphatic heterocycles. The lowest BCUT2D eigenvalue weighted by atomic mass is 10.1. The van der Waals surface area contributed by atoms with E-state index in [2.05, 4.69) is 19.2 Å². The van der Waals surface area contributed by atoms with Gasteiger partial charge in [-0.3, -0.25) is 9.59 Å². The summed E-state index contributed by atoms with van der Waals surface area (Å²) in [5.74, 6) is 0.0754. The SMILES string of the molecule is CC.CCCCCCCN1CC(C(=O)NCCCC)CC1=O. The minimum absolute atomic E-state index is 0.0558. The Hall–Kier alpha value is -1.06. The summed E-state index contributed by atoms with van der Waals surface area (Å²) < 4.78 is 0. The smallest absolute Gasteiger partial charge is 0.225 e. The van der Waals surface area contributed by atoms with Crippen LogP contribution in [0.25, 0.3) is 0 Å². The van der Waals surface area contributed by atoms with Gasteiger partial charge < -0.3 is 10.2 Å². The lowest BCUT2D eigenvalue weighted by Crippen LogP contribution is -2.33. The molecule has 1 rings (SSSR count). The maximum atomic E-state index is 11.9. The molecule has 0 saturated carbocycles. The van der Waals surface area contributed by atoms with Crippen LogP contribution in [-0.4, -0.2) is 36.3 Å². The number of hydrogen-bond acceptors (Lipinski definition) is 2. The summed E-state index contributed by atoms with van der Waals surface area (Å²) in [5, 5.41) is 2.93. The van der Waals surface area contributed by atoms with E-state index in [0.717, 1.165) is 32.4 Å². The molecule has 0 aromatic rings. The van der Waals surface area contributed by atoms with E-state index < -0.39 is 0 Å². The van der Waals surface area contributed by atoms with Crippen molar-refractivity contribution in [1.29, 1.82) is 0 Å². The zero-order valence-electron chi connectivity index (χ0n) is 15.1. The minimum atomic E-state index is -0.130. The molecule has 1 unspecified atom stereocenters. The first-order valence-electron chi connectivity index (χ1n) is 9.24. The van der Waals surface area contributed by atoms with Gasteiger partial charge in [-0.05, 0) is 12.8 Å². The number of hydrogen-bond donors (Lipinski definition) is 1. The van der Waals surface area contributed by atoms with Crippen LogP contribution in [0.15, 0.2) is 0 Å². The van der Waals surface area contributed by atoms with Crippen LogP contribution in [-0.2, 0) is 9.59 Å². The predicted octanol–water partition coefficient (Wildman–Crippen LogP) is 3.75. The Morgan fingerprint density at radius 3 is 2.36 bits per heavy atom. The first kappa shape index (κ1) is 20.9. The third-order valence-electron chi connectivity index (χ3n) is 3.95. The van der Waals surface area contributed by atoms with Crippen LogP contribution in [0.1, 0.15) is 79.1 Å². The number of likely N-dealkylation sites (tertiary alicyclic amines) is 1. The highest BCUT2D eigenvalue weighted by Gasteiger charge is 2.33. The van der Waals surface area contributed by atoms with Gasteiger partial charge in [0.05, 0.1) is 5.92 Å². The fourth-order valence-corrected chi connectivity index (χ4v) is 2.60. The van der Waals surface area contributed by atoms with Crippen molar-refractivity contribution in [3.63, 3.8) is 0 Å². The van der Waals surface area contributed by atoms with Crippen molar-refractivity contribution in [3.8, 4) is 0 Å². The van der Waals surface area contributed by atoms with E-state index in [1.54, 1.807) is 0 Å². The molecule has 0 bridgehead atoms. The van der Waals surface area contributed by atoms with Gasteiger partial charge in [0.25, 0.3) is 0 Å². The molecule has 1 N–H and O–H groups in total. The molecule has 1 heterocycles. The van der Waals surface area contributed by atoms with E-state index in [1.165, 1.54) is 25.7 Å². The molecule has 22 heavy (non-hydrogen) atoms. The van der Waals surface area contributed by atoms with E-state index in [9.17, 15) is 9.59 Å². The summed E-state index contributed by atoms with van der Waals surface area (Å²) in [6.45, 7) is 10.5. The van der Waals surface area contributed by atoms with Gasteiger partial charge in [-0.15, -0.1) is 0 Å². The van der Waals surface area contributed by atoms with E-state index in [1.807, 2.05) is 18.7 Å². The second-order valence-corrected chi connectivity index (χ2v) is 5.80. The summed E-state index contributed by atoms with van der Waals surface area (Å²) in [7, 11) is 0. The molecular weight excluding hydrogens is 276 g/mol. The molecule has 0 aromatic heterocycles. The van der Waals surface area contributed by atoms with Crippen LogP contribution in [0.5, 0.6) is 0 Å². The molecule has 0 aliphatic carbocycles. The van der Waals surface area contributed by atoms with Crippen molar-refractivity contribution in [1.82, 2.24) is 10.2 Å². The van der Waals surface area contributed by atoms with Gasteiger partial charge in [-0.2, -0.15) is 0 Å². The van der Waals surface area contributed by atoms with Crippen molar-refractivity contribution < 1.29 is 9.59 Å². The molecule has 1 saturated heterocycles. The summed E-state index contributed by atoms with van der Waals surface area (Å²) in [6, 6.07) is 0. The Bertz CT molecular complexity index is 305. The van der Waals surface area contributed by atoms with Crippen LogP contribution in [0.3, 0.4) is 0 Å². The first-order chi connectivity index (χ1) is 10.7. The summed E-state index contributed by atoms with van der Waals surface area (Å²) in [5.41, 5.74) is 0. The molecule has 0 radical (unpaired) electrons. The Labute approximate surface area is 137 Å². The molecular formula is C18H36N2O2. The highest BCUT2D eigenvalue weighted by Crippen LogP contribution is 2.18. The van der Waals surface area contributed by atoms with Crippen molar-refractivity contribution in [3.05, 3.63) is 0 Å². The monoisotopic (exact) mass is 312 g/mol. The summed E-state index contributed by atoms with van der Waals surface area (Å²) in [6.07, 6.45) is 8.49. The maximum absolute atomic E-state index is 11.9. The van der Waals surface area contributed by atoms with Gasteiger partial charge in [0.1, 0.15) is 0 Å². The molecule has 4 nitrogen and oxygen atoms in total. The number of nitrogens with one attached hydrogen (secondary N) is 1. The minimum Gasteiger partial charge on any atom is -0.356 e. The fraction of sp³-hybridized carbons (Fsp3) is 0.889. The Morgan fingerprint density at radius 1 is 1.09 bits per heavy atom. The molecule has 0 spiro atoms. The van der Waals surface area contributed by atoms with Gasteiger partial charge in [-0.25, -0.2) is 0 Å². The molecule has 0 aromatic carbocycles. The van der Waals surface area contributed by atoms with Gasteiger partial charge in [-0.1, -0.05) is 59.8 Å². The van der Waals surface area contributed by atoms with Crippen molar-refractivity contribution in [2.45, 2.75) is 79.1 Å². The van der Waals surface area contributed by atoms with Crippen LogP contribution in [0, 0.1) is 5.92 Å². The van der Waals surface area contributed by atoms with E-state index in [4.69, 9.17) is 0 Å². The standard InChI is InChI=1S/C16H30N2O2.C2H6/c1-3-5-7-8-9-11-18-13-14(12-15(18)19)16(20)17-10-6-4-2;1-2/h14H,3-13H2,1-2H3,(H,17,20);1-2H3. The fourth-order valence-electron chi connectivity index (χ4n) is 2.60. The van der Waals surface area contributed by atoms with Gasteiger partial charge in [0, 0.05) is 26.1 Å². The largest absolute Gasteiger partial charge is 0.356 e. The average Bonchev–Trinajstić information content (AvgIpc) is 2.90. The summed E-state index contributed by atoms with van der Waals surface area (Å²) >= 11 is 0. The lowest BCUT2D eigenvalue weighted by Gasteiger charge is -2.16.